The van der Waals surface area contributed by atoms with Crippen LogP contribution in [0.15, 0.2) is 0 Å². The molecule has 0 aromatic rings. The van der Waals surface area contributed by atoms with Crippen molar-refractivity contribution in [3.63, 3.8) is 0 Å². The number of nitrogens with zero attached hydrogens (tertiary/aromatic N) is 1. The summed E-state index contributed by atoms with van der Waals surface area (Å²) >= 11 is 1.57. The zero-order chi connectivity index (χ0) is 8.85. The third kappa shape index (κ3) is 3.12. The predicted molar refractivity (Wildman–Crippen MR) is 47.4 cm³/mol. The fraction of sp³-hybridized carbons (Fsp3) is 0.857. The first-order valence-electron chi connectivity index (χ1n) is 3.55. The van der Waals surface area contributed by atoms with Crippen LogP contribution in [0.25, 0.3) is 0 Å². The lowest BCUT2D eigenvalue weighted by Crippen LogP contribution is -2.38. The minimum atomic E-state index is -0.660. The highest BCUT2D eigenvalue weighted by molar-refractivity contribution is 7.99. The van der Waals surface area contributed by atoms with Gasteiger partial charge in [-0.15, -0.1) is 0 Å². The van der Waals surface area contributed by atoms with Crippen LogP contribution >= 0.6 is 11.8 Å². The van der Waals surface area contributed by atoms with Crippen LogP contribution in [-0.2, 0) is 4.79 Å². The summed E-state index contributed by atoms with van der Waals surface area (Å²) in [4.78, 5) is 11.5. The number of thioether (sulfide) groups is 1. The molecule has 11 heavy (non-hydrogen) atoms. The quantitative estimate of drug-likeness (QED) is 0.492. The van der Waals surface area contributed by atoms with Crippen LogP contribution < -0.4 is 0 Å². The van der Waals surface area contributed by atoms with E-state index in [0.717, 1.165) is 6.42 Å². The maximum atomic E-state index is 10.2. The molecule has 0 aromatic carbocycles. The molecule has 0 heterocycles. The van der Waals surface area contributed by atoms with Crippen molar-refractivity contribution in [3.8, 4) is 0 Å². The monoisotopic (exact) mass is 177 g/mol. The third-order valence-corrected chi connectivity index (χ3v) is 2.80. The van der Waals surface area contributed by atoms with Crippen LogP contribution in [-0.4, -0.2) is 41.2 Å². The Labute approximate surface area is 71.8 Å². The van der Waals surface area contributed by atoms with E-state index >= 15 is 0 Å². The van der Waals surface area contributed by atoms with Gasteiger partial charge >= 0.3 is 0 Å². The Morgan fingerprint density at radius 3 is 2.55 bits per heavy atom. The lowest BCUT2D eigenvalue weighted by molar-refractivity contribution is -0.125. The van der Waals surface area contributed by atoms with E-state index in [0.29, 0.717) is 6.41 Å². The van der Waals surface area contributed by atoms with E-state index < -0.39 is 6.23 Å². The summed E-state index contributed by atoms with van der Waals surface area (Å²) in [5.41, 5.74) is 0. The van der Waals surface area contributed by atoms with Gasteiger partial charge in [-0.2, -0.15) is 11.8 Å². The average molecular weight is 177 g/mol. The minimum Gasteiger partial charge on any atom is -0.372 e. The molecule has 66 valence electrons. The molecule has 4 heteroatoms. The molecule has 2 atom stereocenters. The fourth-order valence-corrected chi connectivity index (χ4v) is 1.59. The van der Waals surface area contributed by atoms with Crippen molar-refractivity contribution in [3.05, 3.63) is 0 Å². The molecule has 0 aliphatic heterocycles. The molecule has 0 rings (SSSR count). The van der Waals surface area contributed by atoms with E-state index in [1.807, 2.05) is 13.2 Å². The molecule has 0 spiro atoms. The Balaban J connectivity index is 3.95. The zero-order valence-corrected chi connectivity index (χ0v) is 7.97. The first-order valence-corrected chi connectivity index (χ1v) is 4.84. The van der Waals surface area contributed by atoms with Gasteiger partial charge in [0.1, 0.15) is 6.23 Å². The number of rotatable bonds is 5. The summed E-state index contributed by atoms with van der Waals surface area (Å²) in [6.07, 6.45) is 2.77. The highest BCUT2D eigenvalue weighted by atomic mass is 32.2. The van der Waals surface area contributed by atoms with Crippen molar-refractivity contribution in [2.75, 3.05) is 13.3 Å². The lowest BCUT2D eigenvalue weighted by Gasteiger charge is -2.25. The molecule has 0 aliphatic carbocycles. The second-order valence-electron chi connectivity index (χ2n) is 2.37. The summed E-state index contributed by atoms with van der Waals surface area (Å²) in [6.45, 7) is 1.99. The molecule has 1 amide bonds. The van der Waals surface area contributed by atoms with Gasteiger partial charge in [0.15, 0.2) is 0 Å². The second-order valence-corrected chi connectivity index (χ2v) is 3.44. The van der Waals surface area contributed by atoms with Crippen LogP contribution in [0, 0.1) is 0 Å². The fourth-order valence-electron chi connectivity index (χ4n) is 0.824. The number of aliphatic hydroxyl groups excluding tert-OH is 1. The van der Waals surface area contributed by atoms with Gasteiger partial charge in [-0.3, -0.25) is 4.79 Å². The maximum Gasteiger partial charge on any atom is 0.211 e. The highest BCUT2D eigenvalue weighted by Gasteiger charge is 2.18. The van der Waals surface area contributed by atoms with Gasteiger partial charge in [-0.1, -0.05) is 6.92 Å². The van der Waals surface area contributed by atoms with Gasteiger partial charge < -0.3 is 10.0 Å². The first kappa shape index (κ1) is 10.8. The van der Waals surface area contributed by atoms with Crippen LogP contribution in [0.3, 0.4) is 0 Å². The summed E-state index contributed by atoms with van der Waals surface area (Å²) in [7, 11) is 1.58. The van der Waals surface area contributed by atoms with Gasteiger partial charge in [0, 0.05) is 12.3 Å². The number of aliphatic hydroxyl groups is 1. The van der Waals surface area contributed by atoms with Crippen LogP contribution in [0.4, 0.5) is 0 Å². The Morgan fingerprint density at radius 2 is 2.27 bits per heavy atom. The second kappa shape index (κ2) is 5.43. The molecule has 2 unspecified atom stereocenters. The first-order chi connectivity index (χ1) is 5.17. The van der Waals surface area contributed by atoms with E-state index in [-0.39, 0.29) is 5.25 Å². The van der Waals surface area contributed by atoms with Crippen LogP contribution in [0.1, 0.15) is 13.3 Å². The topological polar surface area (TPSA) is 40.5 Å². The third-order valence-electron chi connectivity index (χ3n) is 1.62. The highest BCUT2D eigenvalue weighted by Crippen LogP contribution is 2.15. The maximum absolute atomic E-state index is 10.2. The standard InChI is InChI=1S/C7H15NO2S/c1-4-6(11-3)7(10)8(2)5-9/h5-7,10H,4H2,1-3H3. The molecule has 0 fully saturated rings. The van der Waals surface area contributed by atoms with Gasteiger partial charge in [0.2, 0.25) is 6.41 Å². The number of amides is 1. The van der Waals surface area contributed by atoms with Gasteiger partial charge in [0.05, 0.1) is 0 Å². The molecule has 0 aliphatic rings. The summed E-state index contributed by atoms with van der Waals surface area (Å²) in [5.74, 6) is 0. The molecule has 0 saturated carbocycles. The molecule has 0 radical (unpaired) electrons. The Kier molecular flexibility index (Phi) is 5.32. The van der Waals surface area contributed by atoms with Crippen LogP contribution in [0.2, 0.25) is 0 Å². The Bertz CT molecular complexity index is 117. The van der Waals surface area contributed by atoms with Crippen molar-refractivity contribution >= 4 is 18.2 Å². The van der Waals surface area contributed by atoms with Gasteiger partial charge in [-0.05, 0) is 12.7 Å². The number of carbonyl (C=O) groups excluding carboxylic acids is 1. The predicted octanol–water partition coefficient (Wildman–Crippen LogP) is 0.535. The molecule has 0 bridgehead atoms. The summed E-state index contributed by atoms with van der Waals surface area (Å²) in [6, 6.07) is 0. The Hall–Kier alpha value is -0.220. The van der Waals surface area contributed by atoms with Crippen LogP contribution in [0.5, 0.6) is 0 Å². The zero-order valence-electron chi connectivity index (χ0n) is 7.15. The largest absolute Gasteiger partial charge is 0.372 e. The molecular formula is C7H15NO2S. The Morgan fingerprint density at radius 1 is 1.73 bits per heavy atom. The van der Waals surface area contributed by atoms with E-state index in [4.69, 9.17) is 0 Å². The van der Waals surface area contributed by atoms with Crippen molar-refractivity contribution in [1.29, 1.82) is 0 Å². The van der Waals surface area contributed by atoms with E-state index in [9.17, 15) is 9.90 Å². The van der Waals surface area contributed by atoms with Gasteiger partial charge in [0.25, 0.3) is 0 Å². The smallest absolute Gasteiger partial charge is 0.211 e. The molecule has 0 aromatic heterocycles. The lowest BCUT2D eigenvalue weighted by atomic mass is 10.3. The molecule has 3 nitrogen and oxygen atoms in total. The number of hydrogen-bond acceptors (Lipinski definition) is 3. The normalized spacial score (nSPS) is 15.6. The van der Waals surface area contributed by atoms with Crippen molar-refractivity contribution in [2.45, 2.75) is 24.8 Å². The molecule has 1 N–H and O–H groups in total. The summed E-state index contributed by atoms with van der Waals surface area (Å²) in [5, 5.41) is 9.57. The van der Waals surface area contributed by atoms with E-state index in [1.165, 1.54) is 4.90 Å². The average Bonchev–Trinajstić information content (AvgIpc) is 2.05. The SMILES string of the molecule is CCC(SC)C(O)N(C)C=O. The van der Waals surface area contributed by atoms with Gasteiger partial charge in [-0.25, -0.2) is 0 Å². The van der Waals surface area contributed by atoms with Crippen molar-refractivity contribution < 1.29 is 9.90 Å². The van der Waals surface area contributed by atoms with E-state index in [1.54, 1.807) is 18.8 Å². The van der Waals surface area contributed by atoms with E-state index in [2.05, 4.69) is 0 Å². The number of carbonyl (C=O) groups is 1. The summed E-state index contributed by atoms with van der Waals surface area (Å²) < 4.78 is 0. The van der Waals surface area contributed by atoms with Crippen molar-refractivity contribution in [1.82, 2.24) is 4.90 Å². The molecular weight excluding hydrogens is 162 g/mol. The van der Waals surface area contributed by atoms with Crippen molar-refractivity contribution in [2.24, 2.45) is 0 Å². The molecule has 0 saturated heterocycles. The minimum absolute atomic E-state index is 0.116. The number of hydrogen-bond donors (Lipinski definition) is 1.